The van der Waals surface area contributed by atoms with Crippen LogP contribution >= 0.6 is 0 Å². The number of methoxy groups -OCH3 is 1. The zero-order chi connectivity index (χ0) is 17.3. The van der Waals surface area contributed by atoms with Crippen molar-refractivity contribution in [2.75, 3.05) is 20.7 Å². The van der Waals surface area contributed by atoms with Crippen LogP contribution in [0.1, 0.15) is 38.8 Å². The van der Waals surface area contributed by atoms with E-state index >= 15 is 0 Å². The lowest BCUT2D eigenvalue weighted by atomic mass is 9.76. The zero-order valence-electron chi connectivity index (χ0n) is 15.3. The molecule has 0 radical (unpaired) electrons. The summed E-state index contributed by atoms with van der Waals surface area (Å²) >= 11 is 0. The summed E-state index contributed by atoms with van der Waals surface area (Å²) in [5.74, 6) is 0.866. The Balaban J connectivity index is 2.32. The van der Waals surface area contributed by atoms with Gasteiger partial charge in [0.1, 0.15) is 5.75 Å². The number of rotatable bonds is 5. The highest BCUT2D eigenvalue weighted by Gasteiger charge is 2.52. The van der Waals surface area contributed by atoms with E-state index in [0.29, 0.717) is 6.54 Å². The monoisotopic (exact) mass is 317 g/mol. The molecule has 0 unspecified atom stereocenters. The molecular weight excluding hydrogens is 289 g/mol. The first-order chi connectivity index (χ1) is 10.7. The molecule has 0 atom stereocenters. The number of hydrogen-bond donors (Lipinski definition) is 1. The molecule has 1 aromatic carbocycles. The van der Waals surface area contributed by atoms with Crippen molar-refractivity contribution in [3.8, 4) is 5.75 Å². The summed E-state index contributed by atoms with van der Waals surface area (Å²) in [6, 6.07) is 6.07. The van der Waals surface area contributed by atoms with E-state index in [0.717, 1.165) is 22.3 Å². The quantitative estimate of drug-likeness (QED) is 0.847. The first-order valence-corrected chi connectivity index (χ1v) is 8.05. The molecule has 1 aromatic rings. The Morgan fingerprint density at radius 3 is 2.30 bits per heavy atom. The van der Waals surface area contributed by atoms with Crippen molar-refractivity contribution in [1.29, 1.82) is 0 Å². The minimum Gasteiger partial charge on any atom is -0.497 e. The van der Waals surface area contributed by atoms with Crippen molar-refractivity contribution >= 4 is 13.2 Å². The molecule has 1 heterocycles. The Labute approximate surface area is 140 Å². The normalized spacial score (nSPS) is 20.0. The second-order valence-corrected chi connectivity index (χ2v) is 7.06. The summed E-state index contributed by atoms with van der Waals surface area (Å²) in [5, 5.41) is 3.21. The number of benzene rings is 1. The Bertz CT molecular complexity index is 580. The SMILES string of the molecule is CNCC(=Cc1ccc(OC)cc1C)B1OC(C)(C)C(C)(C)O1. The van der Waals surface area contributed by atoms with Crippen molar-refractivity contribution in [2.24, 2.45) is 0 Å². The minimum atomic E-state index is -0.339. The Morgan fingerprint density at radius 1 is 1.22 bits per heavy atom. The second-order valence-electron chi connectivity index (χ2n) is 7.06. The summed E-state index contributed by atoms with van der Waals surface area (Å²) in [5.41, 5.74) is 2.72. The van der Waals surface area contributed by atoms with Gasteiger partial charge in [0.2, 0.25) is 0 Å². The molecule has 1 saturated heterocycles. The van der Waals surface area contributed by atoms with Gasteiger partial charge >= 0.3 is 7.12 Å². The van der Waals surface area contributed by atoms with Crippen LogP contribution in [-0.2, 0) is 9.31 Å². The first kappa shape index (κ1) is 18.0. The van der Waals surface area contributed by atoms with Crippen molar-refractivity contribution in [2.45, 2.75) is 45.8 Å². The molecule has 0 aromatic heterocycles. The number of aryl methyl sites for hydroxylation is 1. The van der Waals surface area contributed by atoms with E-state index in [4.69, 9.17) is 14.0 Å². The van der Waals surface area contributed by atoms with Gasteiger partial charge in [0.25, 0.3) is 0 Å². The predicted molar refractivity (Wildman–Crippen MR) is 95.7 cm³/mol. The average Bonchev–Trinajstić information content (AvgIpc) is 2.68. The van der Waals surface area contributed by atoms with Gasteiger partial charge in [-0.1, -0.05) is 12.1 Å². The van der Waals surface area contributed by atoms with Gasteiger partial charge in [-0.05, 0) is 70.4 Å². The Kier molecular flexibility index (Phi) is 5.24. The second kappa shape index (κ2) is 6.67. The van der Waals surface area contributed by atoms with E-state index in [9.17, 15) is 0 Å². The third-order valence-electron chi connectivity index (χ3n) is 4.75. The molecule has 1 fully saturated rings. The van der Waals surface area contributed by atoms with E-state index in [1.807, 2.05) is 19.2 Å². The van der Waals surface area contributed by atoms with Gasteiger partial charge in [0, 0.05) is 6.54 Å². The third-order valence-corrected chi connectivity index (χ3v) is 4.75. The number of likely N-dealkylation sites (N-methyl/N-ethyl adjacent to an activating group) is 1. The van der Waals surface area contributed by atoms with Crippen LogP contribution in [0.4, 0.5) is 0 Å². The molecule has 1 aliphatic heterocycles. The van der Waals surface area contributed by atoms with Crippen LogP contribution in [0, 0.1) is 6.92 Å². The molecule has 2 rings (SSSR count). The lowest BCUT2D eigenvalue weighted by Gasteiger charge is -2.32. The zero-order valence-corrected chi connectivity index (χ0v) is 15.3. The van der Waals surface area contributed by atoms with Crippen LogP contribution < -0.4 is 10.1 Å². The fourth-order valence-corrected chi connectivity index (χ4v) is 2.54. The van der Waals surface area contributed by atoms with Gasteiger partial charge in [-0.25, -0.2) is 0 Å². The van der Waals surface area contributed by atoms with E-state index in [-0.39, 0.29) is 18.3 Å². The molecule has 126 valence electrons. The van der Waals surface area contributed by atoms with Gasteiger partial charge in [-0.2, -0.15) is 0 Å². The lowest BCUT2D eigenvalue weighted by Crippen LogP contribution is -2.41. The number of nitrogens with one attached hydrogen (secondary N) is 1. The van der Waals surface area contributed by atoms with Crippen molar-refractivity contribution < 1.29 is 14.0 Å². The summed E-state index contributed by atoms with van der Waals surface area (Å²) < 4.78 is 17.6. The highest BCUT2D eigenvalue weighted by molar-refractivity contribution is 6.55. The highest BCUT2D eigenvalue weighted by Crippen LogP contribution is 2.38. The number of hydrogen-bond acceptors (Lipinski definition) is 4. The largest absolute Gasteiger partial charge is 0.497 e. The molecular formula is C18H28BNO3. The topological polar surface area (TPSA) is 39.7 Å². The molecule has 0 amide bonds. The molecule has 0 bridgehead atoms. The third kappa shape index (κ3) is 3.79. The molecule has 1 aliphatic rings. The fourth-order valence-electron chi connectivity index (χ4n) is 2.54. The number of ether oxygens (including phenoxy) is 1. The van der Waals surface area contributed by atoms with Gasteiger partial charge in [-0.15, -0.1) is 0 Å². The van der Waals surface area contributed by atoms with Gasteiger partial charge < -0.3 is 19.4 Å². The highest BCUT2D eigenvalue weighted by atomic mass is 16.7. The molecule has 0 spiro atoms. The molecule has 0 saturated carbocycles. The van der Waals surface area contributed by atoms with Crippen molar-refractivity contribution in [3.63, 3.8) is 0 Å². The van der Waals surface area contributed by atoms with E-state index in [1.165, 1.54) is 0 Å². The van der Waals surface area contributed by atoms with Crippen LogP contribution in [0.3, 0.4) is 0 Å². The van der Waals surface area contributed by atoms with Gasteiger partial charge in [0.05, 0.1) is 18.3 Å². The van der Waals surface area contributed by atoms with Crippen LogP contribution in [0.25, 0.3) is 6.08 Å². The molecule has 23 heavy (non-hydrogen) atoms. The molecule has 4 nitrogen and oxygen atoms in total. The van der Waals surface area contributed by atoms with Gasteiger partial charge in [0.15, 0.2) is 0 Å². The summed E-state index contributed by atoms with van der Waals surface area (Å²) in [7, 11) is 3.27. The maximum Gasteiger partial charge on any atom is 0.491 e. The summed E-state index contributed by atoms with van der Waals surface area (Å²) in [6.45, 7) is 11.1. The fraction of sp³-hybridized carbons (Fsp3) is 0.556. The maximum atomic E-state index is 6.18. The summed E-state index contributed by atoms with van der Waals surface area (Å²) in [6.07, 6.45) is 2.15. The van der Waals surface area contributed by atoms with Crippen molar-refractivity contribution in [3.05, 3.63) is 34.8 Å². The minimum absolute atomic E-state index is 0.334. The standard InChI is InChI=1S/C18H28BNO3/c1-13-10-16(21-7)9-8-14(13)11-15(12-20-6)19-22-17(2,3)18(4,5)23-19/h8-11,20H,12H2,1-7H3. The summed E-state index contributed by atoms with van der Waals surface area (Å²) in [4.78, 5) is 0. The maximum absolute atomic E-state index is 6.18. The predicted octanol–water partition coefficient (Wildman–Crippen LogP) is 3.24. The van der Waals surface area contributed by atoms with Crippen LogP contribution in [-0.4, -0.2) is 39.0 Å². The lowest BCUT2D eigenvalue weighted by molar-refractivity contribution is 0.00578. The van der Waals surface area contributed by atoms with E-state index in [1.54, 1.807) is 7.11 Å². The van der Waals surface area contributed by atoms with Crippen molar-refractivity contribution in [1.82, 2.24) is 5.32 Å². The van der Waals surface area contributed by atoms with E-state index < -0.39 is 0 Å². The first-order valence-electron chi connectivity index (χ1n) is 8.05. The van der Waals surface area contributed by atoms with E-state index in [2.05, 4.69) is 52.1 Å². The molecule has 0 aliphatic carbocycles. The smallest absolute Gasteiger partial charge is 0.491 e. The Morgan fingerprint density at radius 2 is 1.83 bits per heavy atom. The van der Waals surface area contributed by atoms with Crippen LogP contribution in [0.5, 0.6) is 5.75 Å². The molecule has 1 N–H and O–H groups in total. The van der Waals surface area contributed by atoms with Crippen LogP contribution in [0.2, 0.25) is 0 Å². The average molecular weight is 317 g/mol. The van der Waals surface area contributed by atoms with Gasteiger partial charge in [-0.3, -0.25) is 0 Å². The molecule has 5 heteroatoms. The Hall–Kier alpha value is -1.30. The van der Waals surface area contributed by atoms with Crippen LogP contribution in [0.15, 0.2) is 23.7 Å².